The smallest absolute Gasteiger partial charge is 0.237 e. The maximum absolute atomic E-state index is 12.6. The molecule has 136 valence electrons. The fourth-order valence-corrected chi connectivity index (χ4v) is 4.00. The average Bonchev–Trinajstić information content (AvgIpc) is 3.02. The minimum absolute atomic E-state index is 0.0639. The van der Waals surface area contributed by atoms with Gasteiger partial charge in [0.05, 0.1) is 5.25 Å². The van der Waals surface area contributed by atoms with E-state index in [1.807, 2.05) is 19.1 Å². The molecule has 0 saturated carbocycles. The number of aryl methyl sites for hydroxylation is 1. The van der Waals surface area contributed by atoms with E-state index in [1.54, 1.807) is 18.5 Å². The van der Waals surface area contributed by atoms with E-state index in [0.29, 0.717) is 5.16 Å². The van der Waals surface area contributed by atoms with E-state index in [-0.39, 0.29) is 11.2 Å². The fourth-order valence-electron chi connectivity index (χ4n) is 3.27. The third-order valence-electron chi connectivity index (χ3n) is 4.55. The molecule has 2 heterocycles. The molecule has 0 radical (unpaired) electrons. The van der Waals surface area contributed by atoms with Crippen molar-refractivity contribution in [3.8, 4) is 0 Å². The molecule has 27 heavy (non-hydrogen) atoms. The van der Waals surface area contributed by atoms with Gasteiger partial charge in [-0.2, -0.15) is 0 Å². The molecule has 1 N–H and O–H groups in total. The maximum Gasteiger partial charge on any atom is 0.237 e. The first kappa shape index (κ1) is 17.5. The predicted molar refractivity (Wildman–Crippen MR) is 111 cm³/mol. The van der Waals surface area contributed by atoms with Gasteiger partial charge in [0.1, 0.15) is 0 Å². The minimum Gasteiger partial charge on any atom is -0.341 e. The van der Waals surface area contributed by atoms with E-state index >= 15 is 0 Å². The summed E-state index contributed by atoms with van der Waals surface area (Å²) >= 11 is 1.35. The van der Waals surface area contributed by atoms with Crippen LogP contribution in [0.4, 0.5) is 5.69 Å². The number of fused-ring (bicyclic) bond motifs is 3. The van der Waals surface area contributed by atoms with Crippen molar-refractivity contribution in [3.05, 3.63) is 60.9 Å². The number of rotatable bonds is 5. The van der Waals surface area contributed by atoms with E-state index in [2.05, 4.69) is 57.1 Å². The van der Waals surface area contributed by atoms with Crippen molar-refractivity contribution in [2.24, 2.45) is 0 Å². The molecule has 0 aliphatic heterocycles. The van der Waals surface area contributed by atoms with Gasteiger partial charge in [0, 0.05) is 46.4 Å². The third-order valence-corrected chi connectivity index (χ3v) is 5.54. The Kier molecular flexibility index (Phi) is 4.81. The molecule has 0 spiro atoms. The van der Waals surface area contributed by atoms with E-state index in [0.717, 1.165) is 17.6 Å². The zero-order valence-electron chi connectivity index (χ0n) is 15.2. The average molecular weight is 376 g/mol. The zero-order valence-corrected chi connectivity index (χ0v) is 16.0. The number of hydrogen-bond acceptors (Lipinski definition) is 4. The lowest BCUT2D eigenvalue weighted by atomic mass is 10.1. The molecule has 0 bridgehead atoms. The molecular weight excluding hydrogens is 356 g/mol. The second-order valence-corrected chi connectivity index (χ2v) is 7.58. The minimum atomic E-state index is -0.292. The quantitative estimate of drug-likeness (QED) is 0.404. The number of benzene rings is 2. The summed E-state index contributed by atoms with van der Waals surface area (Å²) in [5, 5.41) is 5.68. The standard InChI is InChI=1S/C21H20N4OS/c1-3-25-18-8-5-4-7-16(18)17-13-15(9-10-19(17)25)24-20(26)14(2)27-21-22-11-6-12-23-21/h4-14H,3H2,1-2H3,(H,24,26). The van der Waals surface area contributed by atoms with Crippen LogP contribution in [-0.4, -0.2) is 25.7 Å². The maximum atomic E-state index is 12.6. The van der Waals surface area contributed by atoms with Crippen LogP contribution in [0, 0.1) is 0 Å². The number of thioether (sulfide) groups is 1. The largest absolute Gasteiger partial charge is 0.341 e. The molecule has 0 aliphatic rings. The summed E-state index contributed by atoms with van der Waals surface area (Å²) in [6.45, 7) is 4.91. The molecule has 2 aromatic carbocycles. The number of hydrogen-bond donors (Lipinski definition) is 1. The second kappa shape index (κ2) is 7.40. The lowest BCUT2D eigenvalue weighted by Crippen LogP contribution is -2.22. The molecular formula is C21H20N4OS. The van der Waals surface area contributed by atoms with Crippen molar-refractivity contribution < 1.29 is 4.79 Å². The molecule has 4 rings (SSSR count). The first-order valence-corrected chi connectivity index (χ1v) is 9.81. The van der Waals surface area contributed by atoms with E-state index in [9.17, 15) is 4.79 Å². The van der Waals surface area contributed by atoms with Gasteiger partial charge in [0.2, 0.25) is 5.91 Å². The van der Waals surface area contributed by atoms with Crippen LogP contribution < -0.4 is 5.32 Å². The summed E-state index contributed by atoms with van der Waals surface area (Å²) in [4.78, 5) is 20.9. The Morgan fingerprint density at radius 3 is 2.59 bits per heavy atom. The summed E-state index contributed by atoms with van der Waals surface area (Å²) < 4.78 is 2.29. The summed E-state index contributed by atoms with van der Waals surface area (Å²) in [5.41, 5.74) is 3.19. The van der Waals surface area contributed by atoms with Gasteiger partial charge in [0.15, 0.2) is 5.16 Å². The van der Waals surface area contributed by atoms with Gasteiger partial charge >= 0.3 is 0 Å². The van der Waals surface area contributed by atoms with E-state index in [1.165, 1.54) is 28.2 Å². The lowest BCUT2D eigenvalue weighted by molar-refractivity contribution is -0.115. The van der Waals surface area contributed by atoms with Crippen molar-refractivity contribution in [3.63, 3.8) is 0 Å². The number of nitrogens with zero attached hydrogens (tertiary/aromatic N) is 3. The van der Waals surface area contributed by atoms with Crippen LogP contribution in [0.25, 0.3) is 21.8 Å². The van der Waals surface area contributed by atoms with Gasteiger partial charge in [-0.1, -0.05) is 30.0 Å². The van der Waals surface area contributed by atoms with Crippen molar-refractivity contribution in [2.75, 3.05) is 5.32 Å². The van der Waals surface area contributed by atoms with Crippen LogP contribution in [0.5, 0.6) is 0 Å². The lowest BCUT2D eigenvalue weighted by Gasteiger charge is -2.11. The topological polar surface area (TPSA) is 59.8 Å². The van der Waals surface area contributed by atoms with Gasteiger partial charge in [0.25, 0.3) is 0 Å². The SMILES string of the molecule is CCn1c2ccccc2c2cc(NC(=O)C(C)Sc3ncccn3)ccc21. The molecule has 1 atom stereocenters. The Bertz CT molecular complexity index is 1110. The highest BCUT2D eigenvalue weighted by Gasteiger charge is 2.17. The first-order valence-electron chi connectivity index (χ1n) is 8.93. The van der Waals surface area contributed by atoms with Gasteiger partial charge < -0.3 is 9.88 Å². The molecule has 6 heteroatoms. The number of carbonyl (C=O) groups is 1. The molecule has 4 aromatic rings. The monoisotopic (exact) mass is 376 g/mol. The molecule has 1 amide bonds. The summed E-state index contributed by atoms with van der Waals surface area (Å²) in [6, 6.07) is 16.2. The Morgan fingerprint density at radius 2 is 1.81 bits per heavy atom. The molecule has 1 unspecified atom stereocenters. The zero-order chi connectivity index (χ0) is 18.8. The highest BCUT2D eigenvalue weighted by Crippen LogP contribution is 2.31. The third kappa shape index (κ3) is 3.40. The molecule has 0 aliphatic carbocycles. The first-order chi connectivity index (χ1) is 13.2. The van der Waals surface area contributed by atoms with Crippen LogP contribution in [-0.2, 0) is 11.3 Å². The predicted octanol–water partition coefficient (Wildman–Crippen LogP) is 4.72. The van der Waals surface area contributed by atoms with Gasteiger partial charge in [-0.3, -0.25) is 4.79 Å². The van der Waals surface area contributed by atoms with Crippen molar-refractivity contribution >= 4 is 45.2 Å². The van der Waals surface area contributed by atoms with Gasteiger partial charge in [-0.05, 0) is 44.2 Å². The summed E-state index contributed by atoms with van der Waals surface area (Å²) in [5.74, 6) is -0.0639. The van der Waals surface area contributed by atoms with Gasteiger partial charge in [-0.25, -0.2) is 9.97 Å². The molecule has 0 fully saturated rings. The van der Waals surface area contributed by atoms with Crippen molar-refractivity contribution in [1.82, 2.24) is 14.5 Å². The Hall–Kier alpha value is -2.86. The molecule has 0 saturated heterocycles. The Labute approximate surface area is 161 Å². The normalized spacial score (nSPS) is 12.4. The van der Waals surface area contributed by atoms with Crippen LogP contribution >= 0.6 is 11.8 Å². The second-order valence-electron chi connectivity index (χ2n) is 6.27. The Morgan fingerprint density at radius 1 is 1.07 bits per heavy atom. The van der Waals surface area contributed by atoms with Crippen LogP contribution in [0.2, 0.25) is 0 Å². The van der Waals surface area contributed by atoms with Crippen molar-refractivity contribution in [2.45, 2.75) is 30.8 Å². The van der Waals surface area contributed by atoms with E-state index in [4.69, 9.17) is 0 Å². The van der Waals surface area contributed by atoms with Crippen LogP contribution in [0.15, 0.2) is 66.1 Å². The number of para-hydroxylation sites is 1. The number of nitrogens with one attached hydrogen (secondary N) is 1. The number of anilines is 1. The fraction of sp³-hybridized carbons (Fsp3) is 0.190. The van der Waals surface area contributed by atoms with Gasteiger partial charge in [-0.15, -0.1) is 0 Å². The van der Waals surface area contributed by atoms with Crippen LogP contribution in [0.3, 0.4) is 0 Å². The molecule has 2 aromatic heterocycles. The van der Waals surface area contributed by atoms with Crippen molar-refractivity contribution in [1.29, 1.82) is 0 Å². The number of amides is 1. The Balaban J connectivity index is 1.61. The summed E-state index contributed by atoms with van der Waals surface area (Å²) in [7, 11) is 0. The summed E-state index contributed by atoms with van der Waals surface area (Å²) in [6.07, 6.45) is 3.36. The number of aromatic nitrogens is 3. The highest BCUT2D eigenvalue weighted by molar-refractivity contribution is 8.00. The van der Waals surface area contributed by atoms with Crippen LogP contribution in [0.1, 0.15) is 13.8 Å². The highest BCUT2D eigenvalue weighted by atomic mass is 32.2. The number of carbonyl (C=O) groups excluding carboxylic acids is 1. The molecule has 5 nitrogen and oxygen atoms in total. The van der Waals surface area contributed by atoms with E-state index < -0.39 is 0 Å².